The van der Waals surface area contributed by atoms with E-state index in [1.165, 1.54) is 4.90 Å². The van der Waals surface area contributed by atoms with E-state index >= 15 is 0 Å². The first-order chi connectivity index (χ1) is 9.59. The van der Waals surface area contributed by atoms with Crippen molar-refractivity contribution in [2.75, 3.05) is 18.0 Å². The summed E-state index contributed by atoms with van der Waals surface area (Å²) in [4.78, 5) is 7.98. The van der Waals surface area contributed by atoms with Crippen LogP contribution in [0.15, 0.2) is 6.20 Å². The molecule has 1 saturated heterocycles. The summed E-state index contributed by atoms with van der Waals surface area (Å²) in [6.07, 6.45) is -9.03. The topological polar surface area (TPSA) is 29.0 Å². The quantitative estimate of drug-likeness (QED) is 0.576. The molecule has 0 bridgehead atoms. The van der Waals surface area contributed by atoms with Crippen LogP contribution in [0.25, 0.3) is 0 Å². The lowest BCUT2D eigenvalue weighted by Crippen LogP contribution is -2.40. The van der Waals surface area contributed by atoms with E-state index in [2.05, 4.69) is 9.97 Å². The maximum Gasteiger partial charge on any atom is 0.421 e. The molecule has 118 valence electrons. The van der Waals surface area contributed by atoms with Crippen LogP contribution in [0.2, 0.25) is 5.28 Å². The average molecular weight is 334 g/mol. The Morgan fingerprint density at radius 2 is 1.67 bits per heavy atom. The van der Waals surface area contributed by atoms with Gasteiger partial charge in [0.25, 0.3) is 0 Å². The van der Waals surface area contributed by atoms with Gasteiger partial charge in [0, 0.05) is 19.3 Å². The maximum atomic E-state index is 12.9. The number of rotatable bonds is 1. The highest BCUT2D eigenvalue weighted by atomic mass is 35.5. The van der Waals surface area contributed by atoms with Crippen molar-refractivity contribution in [1.29, 1.82) is 0 Å². The first-order valence-electron chi connectivity index (χ1n) is 6.00. The molecule has 0 unspecified atom stereocenters. The number of aromatic nitrogens is 2. The number of nitrogens with zero attached hydrogens (tertiary/aromatic N) is 3. The van der Waals surface area contributed by atoms with E-state index in [0.717, 1.165) is 0 Å². The third-order valence-electron chi connectivity index (χ3n) is 3.30. The molecule has 1 aromatic rings. The van der Waals surface area contributed by atoms with Gasteiger partial charge >= 0.3 is 12.4 Å². The van der Waals surface area contributed by atoms with Gasteiger partial charge in [0.1, 0.15) is 11.4 Å². The van der Waals surface area contributed by atoms with Crippen LogP contribution >= 0.6 is 11.6 Å². The second-order valence-corrected chi connectivity index (χ2v) is 5.02. The molecule has 1 aliphatic rings. The van der Waals surface area contributed by atoms with Crippen LogP contribution in [0.3, 0.4) is 0 Å². The Labute approximate surface area is 120 Å². The number of halogens is 7. The zero-order chi connectivity index (χ0) is 15.8. The van der Waals surface area contributed by atoms with Gasteiger partial charge in [-0.3, -0.25) is 0 Å². The van der Waals surface area contributed by atoms with Crippen LogP contribution in [-0.4, -0.2) is 29.2 Å². The molecule has 0 N–H and O–H groups in total. The average Bonchev–Trinajstić information content (AvgIpc) is 2.36. The van der Waals surface area contributed by atoms with Gasteiger partial charge in [0.05, 0.1) is 5.92 Å². The number of alkyl halides is 6. The molecule has 0 amide bonds. The molecule has 0 radical (unpaired) electrons. The van der Waals surface area contributed by atoms with Crippen molar-refractivity contribution in [2.24, 2.45) is 5.92 Å². The molecule has 21 heavy (non-hydrogen) atoms. The van der Waals surface area contributed by atoms with E-state index in [1.807, 2.05) is 0 Å². The van der Waals surface area contributed by atoms with E-state index < -0.39 is 29.7 Å². The van der Waals surface area contributed by atoms with Gasteiger partial charge in [0.15, 0.2) is 0 Å². The lowest BCUT2D eigenvalue weighted by atomic mass is 9.96. The van der Waals surface area contributed by atoms with Gasteiger partial charge in [-0.2, -0.15) is 31.3 Å². The minimum atomic E-state index is -4.69. The van der Waals surface area contributed by atoms with Crippen molar-refractivity contribution in [3.63, 3.8) is 0 Å². The van der Waals surface area contributed by atoms with Crippen molar-refractivity contribution < 1.29 is 26.3 Å². The molecule has 10 heteroatoms. The summed E-state index contributed by atoms with van der Waals surface area (Å²) in [6.45, 7) is -0.332. The van der Waals surface area contributed by atoms with E-state index in [4.69, 9.17) is 11.6 Å². The fraction of sp³-hybridized carbons (Fsp3) is 0.636. The number of anilines is 1. The summed E-state index contributed by atoms with van der Waals surface area (Å²) >= 11 is 5.49. The lowest BCUT2D eigenvalue weighted by molar-refractivity contribution is -0.179. The number of piperidine rings is 1. The maximum absolute atomic E-state index is 12.9. The second kappa shape index (κ2) is 5.51. The van der Waals surface area contributed by atoms with Crippen LogP contribution in [0, 0.1) is 5.92 Å². The highest BCUT2D eigenvalue weighted by molar-refractivity contribution is 6.28. The van der Waals surface area contributed by atoms with E-state index in [-0.39, 0.29) is 31.2 Å². The molecule has 3 nitrogen and oxygen atoms in total. The van der Waals surface area contributed by atoms with Crippen molar-refractivity contribution in [3.8, 4) is 0 Å². The summed E-state index contributed by atoms with van der Waals surface area (Å²) < 4.78 is 76.3. The first kappa shape index (κ1) is 16.1. The highest BCUT2D eigenvalue weighted by Crippen LogP contribution is 2.39. The van der Waals surface area contributed by atoms with Crippen LogP contribution in [0.5, 0.6) is 0 Å². The highest BCUT2D eigenvalue weighted by Gasteiger charge is 2.43. The summed E-state index contributed by atoms with van der Waals surface area (Å²) in [5.74, 6) is -1.97. The predicted molar refractivity (Wildman–Crippen MR) is 63.0 cm³/mol. The molecule has 1 aromatic heterocycles. The zero-order valence-electron chi connectivity index (χ0n) is 10.5. The van der Waals surface area contributed by atoms with E-state index in [0.29, 0.717) is 6.20 Å². The van der Waals surface area contributed by atoms with Gasteiger partial charge in [-0.25, -0.2) is 4.98 Å². The summed E-state index contributed by atoms with van der Waals surface area (Å²) in [5, 5.41) is -0.379. The third-order valence-corrected chi connectivity index (χ3v) is 3.48. The monoisotopic (exact) mass is 333 g/mol. The molecule has 0 saturated carbocycles. The Morgan fingerprint density at radius 3 is 2.14 bits per heavy atom. The molecular formula is C11H10ClF6N3. The summed E-state index contributed by atoms with van der Waals surface area (Å²) in [6, 6.07) is 0. The second-order valence-electron chi connectivity index (χ2n) is 4.68. The fourth-order valence-corrected chi connectivity index (χ4v) is 2.34. The van der Waals surface area contributed by atoms with Crippen molar-refractivity contribution in [1.82, 2.24) is 9.97 Å². The van der Waals surface area contributed by atoms with Crippen LogP contribution in [0.1, 0.15) is 18.4 Å². The zero-order valence-corrected chi connectivity index (χ0v) is 11.2. The standard InChI is InChI=1S/C11H10ClF6N3/c12-9-19-5-7(11(16,17)18)8(20-9)21-3-1-6(2-4-21)10(13,14)15/h5-6H,1-4H2. The van der Waals surface area contributed by atoms with E-state index in [9.17, 15) is 26.3 Å². The molecule has 0 spiro atoms. The largest absolute Gasteiger partial charge is 0.421 e. The Bertz CT molecular complexity index is 508. The van der Waals surface area contributed by atoms with Crippen LogP contribution < -0.4 is 4.90 Å². The molecule has 1 aliphatic heterocycles. The minimum absolute atomic E-state index is 0.166. The number of hydrogen-bond acceptors (Lipinski definition) is 3. The molecule has 0 aliphatic carbocycles. The molecule has 0 aromatic carbocycles. The lowest BCUT2D eigenvalue weighted by Gasteiger charge is -2.34. The van der Waals surface area contributed by atoms with Gasteiger partial charge in [-0.15, -0.1) is 0 Å². The van der Waals surface area contributed by atoms with Crippen molar-refractivity contribution in [3.05, 3.63) is 17.0 Å². The fourth-order valence-electron chi connectivity index (χ4n) is 2.21. The predicted octanol–water partition coefficient (Wildman–Crippen LogP) is 3.93. The smallest absolute Gasteiger partial charge is 0.356 e. The van der Waals surface area contributed by atoms with E-state index in [1.54, 1.807) is 0 Å². The molecule has 2 rings (SSSR count). The Balaban J connectivity index is 2.22. The Hall–Kier alpha value is -1.25. The van der Waals surface area contributed by atoms with Gasteiger partial charge in [-0.05, 0) is 24.4 Å². The van der Waals surface area contributed by atoms with Crippen LogP contribution in [0.4, 0.5) is 32.2 Å². The molecule has 2 heterocycles. The Kier molecular flexibility index (Phi) is 4.23. The number of hydrogen-bond donors (Lipinski definition) is 0. The normalized spacial score (nSPS) is 18.1. The summed E-state index contributed by atoms with van der Waals surface area (Å²) in [5.41, 5.74) is -1.10. The minimum Gasteiger partial charge on any atom is -0.356 e. The molecule has 1 fully saturated rings. The molecular weight excluding hydrogens is 324 g/mol. The molecule has 0 atom stereocenters. The summed E-state index contributed by atoms with van der Waals surface area (Å²) in [7, 11) is 0. The van der Waals surface area contributed by atoms with Crippen molar-refractivity contribution in [2.45, 2.75) is 25.2 Å². The third kappa shape index (κ3) is 3.69. The van der Waals surface area contributed by atoms with Crippen molar-refractivity contribution >= 4 is 17.4 Å². The van der Waals surface area contributed by atoms with Crippen LogP contribution in [-0.2, 0) is 6.18 Å². The Morgan fingerprint density at radius 1 is 1.10 bits per heavy atom. The van der Waals surface area contributed by atoms with Gasteiger partial charge in [-0.1, -0.05) is 0 Å². The van der Waals surface area contributed by atoms with Gasteiger partial charge < -0.3 is 4.90 Å². The first-order valence-corrected chi connectivity index (χ1v) is 6.38. The van der Waals surface area contributed by atoms with Gasteiger partial charge in [0.2, 0.25) is 5.28 Å². The SMILES string of the molecule is FC(F)(F)c1cnc(Cl)nc1N1CCC(C(F)(F)F)CC1.